The van der Waals surface area contributed by atoms with Gasteiger partial charge in [-0.3, -0.25) is 9.97 Å². The molecular formula is C10H9N5. The topological polar surface area (TPSA) is 48.0 Å². The summed E-state index contributed by atoms with van der Waals surface area (Å²) < 4.78 is 3.83. The average molecular weight is 199 g/mol. The van der Waals surface area contributed by atoms with Crippen LogP contribution >= 0.6 is 0 Å². The van der Waals surface area contributed by atoms with Crippen LogP contribution in [0.3, 0.4) is 0 Å². The first-order valence-corrected chi connectivity index (χ1v) is 4.62. The van der Waals surface area contributed by atoms with E-state index >= 15 is 0 Å². The summed E-state index contributed by atoms with van der Waals surface area (Å²) in [5, 5.41) is 4.40. The fourth-order valence-electron chi connectivity index (χ4n) is 1.55. The minimum atomic E-state index is 0.793. The van der Waals surface area contributed by atoms with Gasteiger partial charge in [0.05, 0.1) is 6.20 Å². The van der Waals surface area contributed by atoms with Crippen LogP contribution in [0.25, 0.3) is 17.0 Å². The van der Waals surface area contributed by atoms with Crippen LogP contribution in [-0.2, 0) is 7.05 Å². The molecule has 0 aliphatic heterocycles. The second-order valence-corrected chi connectivity index (χ2v) is 3.33. The number of nitrogens with zero attached hydrogens (tertiary/aromatic N) is 5. The van der Waals surface area contributed by atoms with Crippen LogP contribution < -0.4 is 0 Å². The number of hydrogen-bond acceptors (Lipinski definition) is 3. The summed E-state index contributed by atoms with van der Waals surface area (Å²) in [6, 6.07) is 1.99. The van der Waals surface area contributed by atoms with E-state index < -0.39 is 0 Å². The first-order valence-electron chi connectivity index (χ1n) is 4.62. The van der Waals surface area contributed by atoms with Gasteiger partial charge in [-0.15, -0.1) is 0 Å². The van der Waals surface area contributed by atoms with Crippen LogP contribution in [0.15, 0.2) is 37.1 Å². The lowest BCUT2D eigenvalue weighted by atomic mass is 10.3. The zero-order chi connectivity index (χ0) is 10.3. The highest BCUT2D eigenvalue weighted by molar-refractivity contribution is 5.59. The number of hydrogen-bond donors (Lipinski definition) is 0. The SMILES string of the molecule is Cn1ccn2nc(-c3cnccn3)cc12. The van der Waals surface area contributed by atoms with E-state index in [9.17, 15) is 0 Å². The maximum atomic E-state index is 4.40. The number of aromatic nitrogens is 5. The number of aryl methyl sites for hydroxylation is 1. The van der Waals surface area contributed by atoms with Crippen molar-refractivity contribution < 1.29 is 0 Å². The zero-order valence-electron chi connectivity index (χ0n) is 8.20. The Bertz CT molecular complexity index is 593. The molecule has 0 fully saturated rings. The number of rotatable bonds is 1. The largest absolute Gasteiger partial charge is 0.334 e. The molecule has 0 aliphatic rings. The van der Waals surface area contributed by atoms with Gasteiger partial charge in [-0.25, -0.2) is 4.52 Å². The Morgan fingerprint density at radius 3 is 2.80 bits per heavy atom. The Kier molecular flexibility index (Phi) is 1.58. The van der Waals surface area contributed by atoms with Gasteiger partial charge in [0.25, 0.3) is 0 Å². The van der Waals surface area contributed by atoms with Crippen molar-refractivity contribution in [1.82, 2.24) is 24.1 Å². The predicted octanol–water partition coefficient (Wildman–Crippen LogP) is 1.13. The molecule has 0 bridgehead atoms. The molecule has 0 radical (unpaired) electrons. The van der Waals surface area contributed by atoms with Gasteiger partial charge < -0.3 is 4.57 Å². The summed E-state index contributed by atoms with van der Waals surface area (Å²) in [7, 11) is 1.98. The van der Waals surface area contributed by atoms with Crippen LogP contribution in [0.1, 0.15) is 0 Å². The molecule has 0 N–H and O–H groups in total. The summed E-state index contributed by atoms with van der Waals surface area (Å²) in [4.78, 5) is 8.23. The van der Waals surface area contributed by atoms with Crippen molar-refractivity contribution in [2.24, 2.45) is 7.05 Å². The van der Waals surface area contributed by atoms with Crippen molar-refractivity contribution in [3.63, 3.8) is 0 Å². The first-order chi connectivity index (χ1) is 7.34. The molecule has 0 saturated carbocycles. The molecule has 0 atom stereocenters. The van der Waals surface area contributed by atoms with Gasteiger partial charge in [0, 0.05) is 37.9 Å². The van der Waals surface area contributed by atoms with E-state index in [0.29, 0.717) is 0 Å². The lowest BCUT2D eigenvalue weighted by Crippen LogP contribution is -1.86. The molecule has 0 aliphatic carbocycles. The van der Waals surface area contributed by atoms with Gasteiger partial charge in [0.15, 0.2) is 0 Å². The van der Waals surface area contributed by atoms with E-state index in [-0.39, 0.29) is 0 Å². The Labute approximate surface area is 86.0 Å². The first kappa shape index (κ1) is 8.16. The second kappa shape index (κ2) is 2.91. The Morgan fingerprint density at radius 1 is 1.13 bits per heavy atom. The third-order valence-electron chi connectivity index (χ3n) is 2.33. The lowest BCUT2D eigenvalue weighted by molar-refractivity contribution is 0.928. The number of fused-ring (bicyclic) bond motifs is 1. The highest BCUT2D eigenvalue weighted by Crippen LogP contribution is 2.16. The van der Waals surface area contributed by atoms with Crippen LogP contribution in [-0.4, -0.2) is 24.1 Å². The second-order valence-electron chi connectivity index (χ2n) is 3.33. The van der Waals surface area contributed by atoms with Crippen LogP contribution in [0.4, 0.5) is 0 Å². The van der Waals surface area contributed by atoms with E-state index in [4.69, 9.17) is 0 Å². The maximum absolute atomic E-state index is 4.40. The summed E-state index contributed by atoms with van der Waals surface area (Å²) >= 11 is 0. The third-order valence-corrected chi connectivity index (χ3v) is 2.33. The molecule has 5 nitrogen and oxygen atoms in total. The molecular weight excluding hydrogens is 190 g/mol. The van der Waals surface area contributed by atoms with E-state index in [1.807, 2.05) is 34.6 Å². The highest BCUT2D eigenvalue weighted by Gasteiger charge is 2.06. The van der Waals surface area contributed by atoms with Gasteiger partial charge >= 0.3 is 0 Å². The number of imidazole rings is 1. The van der Waals surface area contributed by atoms with Crippen molar-refractivity contribution in [2.45, 2.75) is 0 Å². The lowest BCUT2D eigenvalue weighted by Gasteiger charge is -1.91. The highest BCUT2D eigenvalue weighted by atomic mass is 15.3. The van der Waals surface area contributed by atoms with Crippen molar-refractivity contribution in [1.29, 1.82) is 0 Å². The Morgan fingerprint density at radius 2 is 2.07 bits per heavy atom. The fourth-order valence-corrected chi connectivity index (χ4v) is 1.55. The normalized spacial score (nSPS) is 11.0. The summed E-state index contributed by atoms with van der Waals surface area (Å²) in [6.45, 7) is 0. The van der Waals surface area contributed by atoms with E-state index in [2.05, 4.69) is 15.1 Å². The summed E-state index contributed by atoms with van der Waals surface area (Å²) in [5.41, 5.74) is 2.67. The minimum absolute atomic E-state index is 0.793. The Hall–Kier alpha value is -2.17. The Balaban J connectivity index is 2.20. The molecule has 3 aromatic rings. The van der Waals surface area contributed by atoms with Crippen LogP contribution in [0.2, 0.25) is 0 Å². The molecule has 15 heavy (non-hydrogen) atoms. The minimum Gasteiger partial charge on any atom is -0.334 e. The van der Waals surface area contributed by atoms with Crippen molar-refractivity contribution in [2.75, 3.05) is 0 Å². The predicted molar refractivity (Wildman–Crippen MR) is 55.2 cm³/mol. The van der Waals surface area contributed by atoms with Gasteiger partial charge in [0.1, 0.15) is 17.0 Å². The van der Waals surface area contributed by atoms with Gasteiger partial charge in [-0.05, 0) is 0 Å². The van der Waals surface area contributed by atoms with Crippen LogP contribution in [0.5, 0.6) is 0 Å². The molecule has 3 aromatic heterocycles. The van der Waals surface area contributed by atoms with Crippen molar-refractivity contribution in [3.8, 4) is 11.4 Å². The van der Waals surface area contributed by atoms with Crippen molar-refractivity contribution in [3.05, 3.63) is 37.1 Å². The standard InChI is InChI=1S/C10H9N5/c1-14-4-5-15-10(14)6-8(13-15)9-7-11-2-3-12-9/h2-7H,1H3. The molecule has 0 spiro atoms. The molecule has 3 heterocycles. The fraction of sp³-hybridized carbons (Fsp3) is 0.100. The summed E-state index contributed by atoms with van der Waals surface area (Å²) in [6.07, 6.45) is 8.90. The van der Waals surface area contributed by atoms with Gasteiger partial charge in [-0.1, -0.05) is 0 Å². The maximum Gasteiger partial charge on any atom is 0.136 e. The van der Waals surface area contributed by atoms with E-state index in [1.165, 1.54) is 0 Å². The summed E-state index contributed by atoms with van der Waals surface area (Å²) in [5.74, 6) is 0. The molecule has 5 heteroatoms. The average Bonchev–Trinajstić information content (AvgIpc) is 2.83. The molecule has 0 amide bonds. The third kappa shape index (κ3) is 1.20. The zero-order valence-corrected chi connectivity index (χ0v) is 8.20. The van der Waals surface area contributed by atoms with Gasteiger partial charge in [-0.2, -0.15) is 5.10 Å². The molecule has 0 aromatic carbocycles. The quantitative estimate of drug-likeness (QED) is 0.590. The smallest absolute Gasteiger partial charge is 0.136 e. The van der Waals surface area contributed by atoms with E-state index in [0.717, 1.165) is 17.0 Å². The molecule has 3 rings (SSSR count). The van der Waals surface area contributed by atoms with E-state index in [1.54, 1.807) is 18.6 Å². The molecule has 0 saturated heterocycles. The van der Waals surface area contributed by atoms with Crippen molar-refractivity contribution >= 4 is 5.65 Å². The van der Waals surface area contributed by atoms with Crippen LogP contribution in [0, 0.1) is 0 Å². The van der Waals surface area contributed by atoms with Gasteiger partial charge in [0.2, 0.25) is 0 Å². The molecule has 0 unspecified atom stereocenters. The monoisotopic (exact) mass is 199 g/mol. The molecule has 74 valence electrons.